The summed E-state index contributed by atoms with van der Waals surface area (Å²) < 4.78 is 0. The largest absolute Gasteiger partial charge is 0.357 e. The highest BCUT2D eigenvalue weighted by atomic mass is 32.1. The topological polar surface area (TPSA) is 65.5 Å². The van der Waals surface area contributed by atoms with Gasteiger partial charge in [-0.15, -0.1) is 11.3 Å². The van der Waals surface area contributed by atoms with E-state index in [2.05, 4.69) is 32.4 Å². The van der Waals surface area contributed by atoms with Crippen LogP contribution < -0.4 is 16.0 Å². The van der Waals surface area contributed by atoms with Crippen molar-refractivity contribution in [2.45, 2.75) is 20.0 Å². The third-order valence-corrected chi connectivity index (χ3v) is 4.09. The molecule has 0 fully saturated rings. The molecule has 6 heteroatoms. The zero-order valence-electron chi connectivity index (χ0n) is 13.4. The Morgan fingerprint density at radius 2 is 1.96 bits per heavy atom. The molecule has 0 spiro atoms. The highest BCUT2D eigenvalue weighted by molar-refractivity contribution is 7.09. The molecular formula is C17H22N4OS. The Kier molecular flexibility index (Phi) is 6.62. The van der Waals surface area contributed by atoms with Crippen LogP contribution in [0.15, 0.2) is 46.8 Å². The van der Waals surface area contributed by atoms with E-state index in [0.29, 0.717) is 12.1 Å². The fourth-order valence-electron chi connectivity index (χ4n) is 2.00. The lowest BCUT2D eigenvalue weighted by molar-refractivity contribution is 0.0963. The number of aliphatic imine (C=N–C) groups is 1. The molecule has 0 aliphatic carbocycles. The van der Waals surface area contributed by atoms with Gasteiger partial charge in [-0.1, -0.05) is 18.2 Å². The highest BCUT2D eigenvalue weighted by Gasteiger charge is 2.03. The second-order valence-electron chi connectivity index (χ2n) is 4.90. The van der Waals surface area contributed by atoms with Crippen molar-refractivity contribution in [3.8, 4) is 0 Å². The van der Waals surface area contributed by atoms with E-state index >= 15 is 0 Å². The van der Waals surface area contributed by atoms with E-state index in [9.17, 15) is 4.79 Å². The van der Waals surface area contributed by atoms with Gasteiger partial charge in [0.25, 0.3) is 5.91 Å². The Morgan fingerprint density at radius 1 is 1.17 bits per heavy atom. The highest BCUT2D eigenvalue weighted by Crippen LogP contribution is 2.08. The van der Waals surface area contributed by atoms with Gasteiger partial charge >= 0.3 is 0 Å². The van der Waals surface area contributed by atoms with Crippen molar-refractivity contribution < 1.29 is 4.79 Å². The second kappa shape index (κ2) is 8.95. The molecule has 0 bridgehead atoms. The van der Waals surface area contributed by atoms with Crippen LogP contribution in [-0.2, 0) is 13.1 Å². The molecule has 1 aromatic carbocycles. The van der Waals surface area contributed by atoms with Gasteiger partial charge in [0.2, 0.25) is 0 Å². The first kappa shape index (κ1) is 17.0. The molecule has 0 saturated heterocycles. The predicted octanol–water partition coefficient (Wildman–Crippen LogP) is 2.36. The lowest BCUT2D eigenvalue weighted by atomic mass is 10.1. The molecule has 0 atom stereocenters. The van der Waals surface area contributed by atoms with Gasteiger partial charge in [0.1, 0.15) is 0 Å². The molecule has 5 nitrogen and oxygen atoms in total. The summed E-state index contributed by atoms with van der Waals surface area (Å²) in [5.41, 5.74) is 1.72. The first-order valence-corrected chi connectivity index (χ1v) is 8.46. The number of amides is 1. The van der Waals surface area contributed by atoms with E-state index in [1.165, 1.54) is 4.88 Å². The van der Waals surface area contributed by atoms with Gasteiger partial charge in [0.05, 0.1) is 13.1 Å². The molecular weight excluding hydrogens is 308 g/mol. The van der Waals surface area contributed by atoms with Crippen LogP contribution in [0.25, 0.3) is 0 Å². The van der Waals surface area contributed by atoms with E-state index in [4.69, 9.17) is 0 Å². The van der Waals surface area contributed by atoms with Gasteiger partial charge < -0.3 is 16.0 Å². The van der Waals surface area contributed by atoms with Crippen LogP contribution in [0.1, 0.15) is 27.7 Å². The molecule has 0 unspecified atom stereocenters. The first-order chi connectivity index (χ1) is 11.2. The van der Waals surface area contributed by atoms with Crippen LogP contribution in [0.3, 0.4) is 0 Å². The van der Waals surface area contributed by atoms with Crippen LogP contribution in [-0.4, -0.2) is 25.5 Å². The molecule has 0 aliphatic rings. The summed E-state index contributed by atoms with van der Waals surface area (Å²) in [5.74, 6) is 0.710. The van der Waals surface area contributed by atoms with E-state index in [1.54, 1.807) is 18.4 Å². The molecule has 1 heterocycles. The van der Waals surface area contributed by atoms with E-state index in [0.717, 1.165) is 24.6 Å². The minimum atomic E-state index is -0.0778. The average Bonchev–Trinajstić information content (AvgIpc) is 3.10. The van der Waals surface area contributed by atoms with Crippen molar-refractivity contribution in [3.05, 3.63) is 57.8 Å². The van der Waals surface area contributed by atoms with Crippen LogP contribution in [0, 0.1) is 0 Å². The Labute approximate surface area is 140 Å². The van der Waals surface area contributed by atoms with Crippen molar-refractivity contribution >= 4 is 23.2 Å². The maximum atomic E-state index is 11.5. The summed E-state index contributed by atoms with van der Waals surface area (Å²) in [6, 6.07) is 11.6. The summed E-state index contributed by atoms with van der Waals surface area (Å²) >= 11 is 1.72. The van der Waals surface area contributed by atoms with Gasteiger partial charge in [-0.05, 0) is 36.1 Å². The average molecular weight is 330 g/mol. The Bertz CT molecular complexity index is 635. The lowest BCUT2D eigenvalue weighted by Crippen LogP contribution is -2.36. The molecule has 23 heavy (non-hydrogen) atoms. The number of carbonyl (C=O) groups excluding carboxylic acids is 1. The fraction of sp³-hybridized carbons (Fsp3) is 0.294. The lowest BCUT2D eigenvalue weighted by Gasteiger charge is -2.10. The Morgan fingerprint density at radius 3 is 2.57 bits per heavy atom. The molecule has 122 valence electrons. The summed E-state index contributed by atoms with van der Waals surface area (Å²) in [6.07, 6.45) is 0. The van der Waals surface area contributed by atoms with Crippen molar-refractivity contribution in [3.63, 3.8) is 0 Å². The Balaban J connectivity index is 1.95. The minimum Gasteiger partial charge on any atom is -0.357 e. The van der Waals surface area contributed by atoms with E-state index in [1.807, 2.05) is 37.3 Å². The van der Waals surface area contributed by atoms with Crippen LogP contribution in [0.4, 0.5) is 0 Å². The minimum absolute atomic E-state index is 0.0778. The number of hydrogen-bond acceptors (Lipinski definition) is 3. The summed E-state index contributed by atoms with van der Waals surface area (Å²) in [4.78, 5) is 17.4. The van der Waals surface area contributed by atoms with Crippen molar-refractivity contribution in [1.82, 2.24) is 16.0 Å². The fourth-order valence-corrected chi connectivity index (χ4v) is 2.65. The summed E-state index contributed by atoms with van der Waals surface area (Å²) in [6.45, 7) is 4.18. The second-order valence-corrected chi connectivity index (χ2v) is 5.94. The predicted molar refractivity (Wildman–Crippen MR) is 95.8 cm³/mol. The molecule has 2 rings (SSSR count). The molecule has 0 saturated carbocycles. The maximum Gasteiger partial charge on any atom is 0.251 e. The number of carbonyl (C=O) groups is 1. The van der Waals surface area contributed by atoms with Crippen molar-refractivity contribution in [1.29, 1.82) is 0 Å². The summed E-state index contributed by atoms with van der Waals surface area (Å²) in [5, 5.41) is 11.2. The molecule has 3 N–H and O–H groups in total. The number of nitrogens with one attached hydrogen (secondary N) is 3. The number of thiophene rings is 1. The molecule has 2 aromatic rings. The number of hydrogen-bond donors (Lipinski definition) is 3. The van der Waals surface area contributed by atoms with Gasteiger partial charge in [0.15, 0.2) is 5.96 Å². The van der Waals surface area contributed by atoms with Crippen molar-refractivity contribution in [2.75, 3.05) is 13.6 Å². The SMILES string of the molecule is CCNC(=NCc1ccc(C(=O)NC)cc1)NCc1cccs1. The Hall–Kier alpha value is -2.34. The first-order valence-electron chi connectivity index (χ1n) is 7.58. The van der Waals surface area contributed by atoms with Gasteiger partial charge in [0, 0.05) is 24.0 Å². The van der Waals surface area contributed by atoms with Gasteiger partial charge in [-0.25, -0.2) is 4.99 Å². The smallest absolute Gasteiger partial charge is 0.251 e. The number of nitrogens with zero attached hydrogens (tertiary/aromatic N) is 1. The van der Waals surface area contributed by atoms with Crippen molar-refractivity contribution in [2.24, 2.45) is 4.99 Å². The van der Waals surface area contributed by atoms with E-state index in [-0.39, 0.29) is 5.91 Å². The van der Waals surface area contributed by atoms with Gasteiger partial charge in [-0.3, -0.25) is 4.79 Å². The molecule has 1 aromatic heterocycles. The quantitative estimate of drug-likeness (QED) is 0.563. The number of guanidine groups is 1. The molecule has 1 amide bonds. The zero-order chi connectivity index (χ0) is 16.5. The standard InChI is InChI=1S/C17H22N4OS/c1-3-19-17(21-12-15-5-4-10-23-15)20-11-13-6-8-14(9-7-13)16(22)18-2/h4-10H,3,11-12H2,1-2H3,(H,18,22)(H2,19,20,21). The third kappa shape index (κ3) is 5.41. The maximum absolute atomic E-state index is 11.5. The van der Waals surface area contributed by atoms with E-state index < -0.39 is 0 Å². The number of benzene rings is 1. The van der Waals surface area contributed by atoms with Crippen LogP contribution in [0.5, 0.6) is 0 Å². The monoisotopic (exact) mass is 330 g/mol. The third-order valence-electron chi connectivity index (χ3n) is 3.22. The zero-order valence-corrected chi connectivity index (χ0v) is 14.2. The van der Waals surface area contributed by atoms with Crippen LogP contribution in [0.2, 0.25) is 0 Å². The summed E-state index contributed by atoms with van der Waals surface area (Å²) in [7, 11) is 1.63. The van der Waals surface area contributed by atoms with Gasteiger partial charge in [-0.2, -0.15) is 0 Å². The number of rotatable bonds is 6. The molecule has 0 aliphatic heterocycles. The van der Waals surface area contributed by atoms with Crippen LogP contribution >= 0.6 is 11.3 Å². The molecule has 0 radical (unpaired) electrons. The normalized spacial score (nSPS) is 11.1.